The Hall–Kier alpha value is -2.97. The van der Waals surface area contributed by atoms with Crippen LogP contribution in [0.15, 0.2) is 24.8 Å². The molecule has 0 aliphatic carbocycles. The van der Waals surface area contributed by atoms with E-state index in [4.69, 9.17) is 0 Å². The minimum atomic E-state index is 0.701. The average molecular weight is 325 g/mol. The first-order chi connectivity index (χ1) is 11.7. The molecular weight excluding hydrogens is 306 g/mol. The predicted octanol–water partition coefficient (Wildman–Crippen LogP) is 0.535. The molecular formula is C15H19N9. The van der Waals surface area contributed by atoms with Crippen LogP contribution in [0.4, 0.5) is 17.5 Å². The normalized spacial score (nSPS) is 15.1. The van der Waals surface area contributed by atoms with Crippen molar-refractivity contribution in [1.29, 1.82) is 0 Å². The maximum atomic E-state index is 4.42. The first-order valence-corrected chi connectivity index (χ1v) is 7.87. The van der Waals surface area contributed by atoms with Crippen LogP contribution in [0.5, 0.6) is 0 Å². The summed E-state index contributed by atoms with van der Waals surface area (Å²) in [6.07, 6.45) is 3.22. The van der Waals surface area contributed by atoms with Crippen LogP contribution in [-0.4, -0.2) is 70.4 Å². The molecule has 0 bridgehead atoms. The van der Waals surface area contributed by atoms with Crippen molar-refractivity contribution in [2.24, 2.45) is 0 Å². The number of nitrogens with one attached hydrogen (secondary N) is 1. The van der Waals surface area contributed by atoms with Crippen LogP contribution in [0.3, 0.4) is 0 Å². The van der Waals surface area contributed by atoms with Gasteiger partial charge < -0.3 is 19.7 Å². The fraction of sp³-hybridized carbons (Fsp3) is 0.400. The number of aromatic amines is 1. The number of fused-ring (bicyclic) bond motifs is 1. The maximum absolute atomic E-state index is 4.42. The Morgan fingerprint density at radius 3 is 2.46 bits per heavy atom. The third-order valence-electron chi connectivity index (χ3n) is 4.20. The molecule has 1 aliphatic heterocycles. The van der Waals surface area contributed by atoms with Gasteiger partial charge in [-0.3, -0.25) is 0 Å². The van der Waals surface area contributed by atoms with Crippen molar-refractivity contribution < 1.29 is 0 Å². The van der Waals surface area contributed by atoms with Gasteiger partial charge >= 0.3 is 0 Å². The molecule has 124 valence electrons. The summed E-state index contributed by atoms with van der Waals surface area (Å²) < 4.78 is 0. The van der Waals surface area contributed by atoms with Crippen LogP contribution < -0.4 is 14.7 Å². The molecule has 0 unspecified atom stereocenters. The predicted molar refractivity (Wildman–Crippen MR) is 92.5 cm³/mol. The van der Waals surface area contributed by atoms with Gasteiger partial charge in [-0.05, 0) is 12.1 Å². The van der Waals surface area contributed by atoms with Crippen molar-refractivity contribution in [2.75, 3.05) is 55.0 Å². The van der Waals surface area contributed by atoms with Crippen molar-refractivity contribution in [2.45, 2.75) is 0 Å². The Morgan fingerprint density at radius 2 is 1.75 bits per heavy atom. The van der Waals surface area contributed by atoms with Crippen LogP contribution in [0.25, 0.3) is 11.2 Å². The molecule has 1 N–H and O–H groups in total. The summed E-state index contributed by atoms with van der Waals surface area (Å²) in [5.74, 6) is 2.68. The van der Waals surface area contributed by atoms with E-state index in [1.165, 1.54) is 0 Å². The average Bonchev–Trinajstić information content (AvgIpc) is 3.11. The summed E-state index contributed by atoms with van der Waals surface area (Å²) in [6.45, 7) is 3.47. The third-order valence-corrected chi connectivity index (χ3v) is 4.20. The first-order valence-electron chi connectivity index (χ1n) is 7.87. The number of piperazine rings is 1. The highest BCUT2D eigenvalue weighted by atomic mass is 15.3. The van der Waals surface area contributed by atoms with Gasteiger partial charge in [0, 0.05) is 40.3 Å². The Morgan fingerprint density at radius 1 is 0.958 bits per heavy atom. The van der Waals surface area contributed by atoms with Crippen LogP contribution in [-0.2, 0) is 0 Å². The van der Waals surface area contributed by atoms with E-state index >= 15 is 0 Å². The van der Waals surface area contributed by atoms with Crippen molar-refractivity contribution in [3.8, 4) is 0 Å². The van der Waals surface area contributed by atoms with E-state index in [1.807, 2.05) is 31.1 Å². The zero-order chi connectivity index (χ0) is 16.5. The minimum absolute atomic E-state index is 0.701. The lowest BCUT2D eigenvalue weighted by Crippen LogP contribution is -2.47. The van der Waals surface area contributed by atoms with E-state index in [2.05, 4.69) is 39.9 Å². The van der Waals surface area contributed by atoms with Gasteiger partial charge in [0.05, 0.1) is 6.33 Å². The molecule has 1 aliphatic rings. The number of anilines is 3. The number of H-pyrrole nitrogens is 1. The van der Waals surface area contributed by atoms with Gasteiger partial charge in [-0.15, -0.1) is 10.2 Å². The molecule has 3 aromatic rings. The SMILES string of the molecule is CN(C)c1ccc(N2CCN(c3ncnc4nc[nH]c34)CC2)nn1. The molecule has 3 aromatic heterocycles. The number of nitrogens with zero attached hydrogens (tertiary/aromatic N) is 8. The fourth-order valence-electron chi connectivity index (χ4n) is 2.86. The van der Waals surface area contributed by atoms with Crippen molar-refractivity contribution in [1.82, 2.24) is 30.1 Å². The van der Waals surface area contributed by atoms with Crippen LogP contribution in [0.1, 0.15) is 0 Å². The Labute approximate surface area is 139 Å². The Balaban J connectivity index is 1.47. The quantitative estimate of drug-likeness (QED) is 0.746. The summed E-state index contributed by atoms with van der Waals surface area (Å²) in [7, 11) is 3.92. The van der Waals surface area contributed by atoms with E-state index in [0.717, 1.165) is 49.1 Å². The fourth-order valence-corrected chi connectivity index (χ4v) is 2.86. The third kappa shape index (κ3) is 2.57. The number of hydrogen-bond acceptors (Lipinski definition) is 8. The number of rotatable bonds is 3. The second kappa shape index (κ2) is 5.91. The highest BCUT2D eigenvalue weighted by Crippen LogP contribution is 2.22. The summed E-state index contributed by atoms with van der Waals surface area (Å²) in [4.78, 5) is 22.4. The standard InChI is InChI=1S/C15H19N9/c1-22(2)11-3-4-12(21-20-11)23-5-7-24(8-6-23)15-13-14(17-9-16-13)18-10-19-15/h3-4,9-10H,5-8H2,1-2H3,(H,16,17,18,19). The lowest BCUT2D eigenvalue weighted by molar-refractivity contribution is 0.639. The van der Waals surface area contributed by atoms with Gasteiger partial charge in [0.1, 0.15) is 11.8 Å². The summed E-state index contributed by atoms with van der Waals surface area (Å²) in [6, 6.07) is 4.02. The molecule has 1 fully saturated rings. The monoisotopic (exact) mass is 325 g/mol. The van der Waals surface area contributed by atoms with Crippen molar-refractivity contribution in [3.05, 3.63) is 24.8 Å². The molecule has 0 atom stereocenters. The molecule has 0 saturated carbocycles. The smallest absolute Gasteiger partial charge is 0.182 e. The molecule has 4 rings (SSSR count). The molecule has 24 heavy (non-hydrogen) atoms. The maximum Gasteiger partial charge on any atom is 0.182 e. The lowest BCUT2D eigenvalue weighted by atomic mass is 10.3. The van der Waals surface area contributed by atoms with Gasteiger partial charge in [0.25, 0.3) is 0 Å². The van der Waals surface area contributed by atoms with Crippen molar-refractivity contribution in [3.63, 3.8) is 0 Å². The van der Waals surface area contributed by atoms with E-state index in [0.29, 0.717) is 5.65 Å². The van der Waals surface area contributed by atoms with Crippen LogP contribution >= 0.6 is 0 Å². The van der Waals surface area contributed by atoms with Gasteiger partial charge in [-0.1, -0.05) is 0 Å². The molecule has 0 aromatic carbocycles. The lowest BCUT2D eigenvalue weighted by Gasteiger charge is -2.35. The van der Waals surface area contributed by atoms with Gasteiger partial charge in [-0.2, -0.15) is 0 Å². The zero-order valence-electron chi connectivity index (χ0n) is 13.7. The highest BCUT2D eigenvalue weighted by molar-refractivity contribution is 5.82. The second-order valence-electron chi connectivity index (χ2n) is 5.92. The number of aromatic nitrogens is 6. The van der Waals surface area contributed by atoms with Gasteiger partial charge in [0.2, 0.25) is 0 Å². The molecule has 1 saturated heterocycles. The largest absolute Gasteiger partial charge is 0.361 e. The zero-order valence-corrected chi connectivity index (χ0v) is 13.7. The van der Waals surface area contributed by atoms with Gasteiger partial charge in [0.15, 0.2) is 23.1 Å². The molecule has 9 nitrogen and oxygen atoms in total. The van der Waals surface area contributed by atoms with E-state index in [9.17, 15) is 0 Å². The number of hydrogen-bond donors (Lipinski definition) is 1. The summed E-state index contributed by atoms with van der Waals surface area (Å²) in [5, 5.41) is 8.59. The first kappa shape index (κ1) is 14.6. The topological polar surface area (TPSA) is 90.0 Å². The van der Waals surface area contributed by atoms with E-state index in [1.54, 1.807) is 12.7 Å². The van der Waals surface area contributed by atoms with Gasteiger partial charge in [-0.25, -0.2) is 15.0 Å². The van der Waals surface area contributed by atoms with E-state index in [-0.39, 0.29) is 0 Å². The molecule has 0 amide bonds. The molecule has 9 heteroatoms. The Kier molecular flexibility index (Phi) is 3.60. The number of imidazole rings is 1. The minimum Gasteiger partial charge on any atom is -0.361 e. The highest BCUT2D eigenvalue weighted by Gasteiger charge is 2.21. The summed E-state index contributed by atoms with van der Waals surface area (Å²) >= 11 is 0. The van der Waals surface area contributed by atoms with E-state index < -0.39 is 0 Å². The van der Waals surface area contributed by atoms with Crippen LogP contribution in [0, 0.1) is 0 Å². The second-order valence-corrected chi connectivity index (χ2v) is 5.92. The van der Waals surface area contributed by atoms with Crippen molar-refractivity contribution >= 4 is 28.6 Å². The summed E-state index contributed by atoms with van der Waals surface area (Å²) in [5.41, 5.74) is 1.59. The molecule has 0 spiro atoms. The molecule has 4 heterocycles. The molecule has 0 radical (unpaired) electrons. The van der Waals surface area contributed by atoms with Crippen LogP contribution in [0.2, 0.25) is 0 Å². The Bertz CT molecular complexity index is 818.